The molecule has 3 heteroatoms. The molecule has 0 unspecified atom stereocenters. The maximum absolute atomic E-state index is 6.21. The molecule has 2 nitrogen and oxygen atoms in total. The van der Waals surface area contributed by atoms with Gasteiger partial charge in [0, 0.05) is 36.7 Å². The summed E-state index contributed by atoms with van der Waals surface area (Å²) in [6.07, 6.45) is 10.0. The molecule has 4 rings (SSSR count). The van der Waals surface area contributed by atoms with E-state index in [1.165, 1.54) is 70.1 Å². The van der Waals surface area contributed by atoms with Crippen molar-refractivity contribution in [3.8, 4) is 0 Å². The van der Waals surface area contributed by atoms with Crippen LogP contribution < -0.4 is 0 Å². The van der Waals surface area contributed by atoms with Crippen LogP contribution in [-0.2, 0) is 6.54 Å². The summed E-state index contributed by atoms with van der Waals surface area (Å²) in [7, 11) is 0. The molecule has 0 N–H and O–H groups in total. The normalized spacial score (nSPS) is 30.5. The predicted molar refractivity (Wildman–Crippen MR) is 96.8 cm³/mol. The van der Waals surface area contributed by atoms with Gasteiger partial charge in [-0.2, -0.15) is 0 Å². The average Bonchev–Trinajstić information content (AvgIpc) is 3.04. The Morgan fingerprint density at radius 2 is 1.83 bits per heavy atom. The van der Waals surface area contributed by atoms with Crippen molar-refractivity contribution in [2.24, 2.45) is 5.92 Å². The summed E-state index contributed by atoms with van der Waals surface area (Å²) in [6.45, 7) is 4.89. The Bertz CT molecular complexity index is 526. The van der Waals surface area contributed by atoms with E-state index in [1.807, 2.05) is 6.07 Å². The first kappa shape index (κ1) is 15.9. The minimum Gasteiger partial charge on any atom is -0.298 e. The van der Waals surface area contributed by atoms with E-state index in [0.717, 1.165) is 29.6 Å². The van der Waals surface area contributed by atoms with Crippen LogP contribution in [0.1, 0.15) is 50.5 Å². The van der Waals surface area contributed by atoms with Gasteiger partial charge in [-0.25, -0.2) is 0 Å². The first-order chi connectivity index (χ1) is 11.3. The second-order valence-electron chi connectivity index (χ2n) is 7.73. The van der Waals surface area contributed by atoms with Crippen molar-refractivity contribution >= 4 is 11.6 Å². The second kappa shape index (κ2) is 7.13. The Balaban J connectivity index is 1.55. The molecular weight excluding hydrogens is 304 g/mol. The predicted octanol–water partition coefficient (Wildman–Crippen LogP) is 4.57. The highest BCUT2D eigenvalue weighted by molar-refractivity contribution is 6.30. The van der Waals surface area contributed by atoms with E-state index in [2.05, 4.69) is 28.0 Å². The van der Waals surface area contributed by atoms with E-state index in [1.54, 1.807) is 0 Å². The number of nitrogens with zero attached hydrogens (tertiary/aromatic N) is 2. The zero-order chi connectivity index (χ0) is 15.6. The zero-order valence-corrected chi connectivity index (χ0v) is 14.8. The van der Waals surface area contributed by atoms with Crippen LogP contribution in [-0.4, -0.2) is 41.5 Å². The van der Waals surface area contributed by atoms with Crippen molar-refractivity contribution in [1.29, 1.82) is 0 Å². The van der Waals surface area contributed by atoms with Crippen LogP contribution in [0.15, 0.2) is 24.3 Å². The van der Waals surface area contributed by atoms with Gasteiger partial charge in [-0.05, 0) is 55.8 Å². The Kier molecular flexibility index (Phi) is 4.93. The molecule has 2 saturated heterocycles. The minimum absolute atomic E-state index is 0.769. The molecular formula is C20H29ClN2. The van der Waals surface area contributed by atoms with E-state index >= 15 is 0 Å². The first-order valence-electron chi connectivity index (χ1n) is 9.54. The quantitative estimate of drug-likeness (QED) is 0.800. The van der Waals surface area contributed by atoms with Gasteiger partial charge in [0.15, 0.2) is 0 Å². The lowest BCUT2D eigenvalue weighted by Crippen LogP contribution is -2.59. The van der Waals surface area contributed by atoms with Gasteiger partial charge >= 0.3 is 0 Å². The van der Waals surface area contributed by atoms with Crippen LogP contribution in [0.5, 0.6) is 0 Å². The second-order valence-corrected chi connectivity index (χ2v) is 8.17. The molecule has 126 valence electrons. The molecule has 2 atom stereocenters. The van der Waals surface area contributed by atoms with Crippen LogP contribution in [0, 0.1) is 5.92 Å². The molecule has 0 amide bonds. The molecule has 1 saturated carbocycles. The summed E-state index contributed by atoms with van der Waals surface area (Å²) in [6, 6.07) is 10.1. The SMILES string of the molecule is Clc1cccc(CN2CCN3CCC[C@@H]3[C@H]2C2CCCCC2)c1. The summed E-state index contributed by atoms with van der Waals surface area (Å²) in [4.78, 5) is 5.59. The molecule has 0 radical (unpaired) electrons. The number of halogens is 1. The van der Waals surface area contributed by atoms with Crippen molar-refractivity contribution in [2.75, 3.05) is 19.6 Å². The van der Waals surface area contributed by atoms with E-state index in [-0.39, 0.29) is 0 Å². The molecule has 0 bridgehead atoms. The van der Waals surface area contributed by atoms with Crippen molar-refractivity contribution in [2.45, 2.75) is 63.6 Å². The summed E-state index contributed by atoms with van der Waals surface area (Å²) in [5.41, 5.74) is 1.38. The van der Waals surface area contributed by atoms with Gasteiger partial charge in [0.05, 0.1) is 0 Å². The van der Waals surface area contributed by atoms with E-state index < -0.39 is 0 Å². The number of rotatable bonds is 3. The van der Waals surface area contributed by atoms with Gasteiger partial charge in [-0.3, -0.25) is 9.80 Å². The van der Waals surface area contributed by atoms with Crippen LogP contribution in [0.3, 0.4) is 0 Å². The van der Waals surface area contributed by atoms with Gasteiger partial charge in [0.25, 0.3) is 0 Å². The van der Waals surface area contributed by atoms with Crippen molar-refractivity contribution in [3.05, 3.63) is 34.9 Å². The van der Waals surface area contributed by atoms with E-state index in [9.17, 15) is 0 Å². The van der Waals surface area contributed by atoms with Crippen molar-refractivity contribution in [3.63, 3.8) is 0 Å². The molecule has 1 aromatic carbocycles. The number of hydrogen-bond donors (Lipinski definition) is 0. The molecule has 0 aromatic heterocycles. The molecule has 23 heavy (non-hydrogen) atoms. The molecule has 0 spiro atoms. The van der Waals surface area contributed by atoms with Gasteiger partial charge < -0.3 is 0 Å². The third-order valence-corrected chi connectivity index (χ3v) is 6.55. The van der Waals surface area contributed by atoms with Crippen molar-refractivity contribution in [1.82, 2.24) is 9.80 Å². The maximum Gasteiger partial charge on any atom is 0.0409 e. The van der Waals surface area contributed by atoms with Gasteiger partial charge in [-0.15, -0.1) is 0 Å². The molecule has 2 heterocycles. The Hall–Kier alpha value is -0.570. The molecule has 1 aromatic rings. The van der Waals surface area contributed by atoms with Crippen molar-refractivity contribution < 1.29 is 0 Å². The number of benzene rings is 1. The fourth-order valence-electron chi connectivity index (χ4n) is 5.31. The molecule has 3 aliphatic rings. The topological polar surface area (TPSA) is 6.48 Å². The molecule has 2 aliphatic heterocycles. The summed E-state index contributed by atoms with van der Waals surface area (Å²) in [5.74, 6) is 0.911. The van der Waals surface area contributed by atoms with Gasteiger partial charge in [-0.1, -0.05) is 43.0 Å². The van der Waals surface area contributed by atoms with E-state index in [4.69, 9.17) is 11.6 Å². The number of piperazine rings is 1. The first-order valence-corrected chi connectivity index (χ1v) is 9.91. The van der Waals surface area contributed by atoms with Crippen LogP contribution in [0.4, 0.5) is 0 Å². The average molecular weight is 333 g/mol. The fourth-order valence-corrected chi connectivity index (χ4v) is 5.52. The lowest BCUT2D eigenvalue weighted by atomic mass is 9.78. The van der Waals surface area contributed by atoms with Gasteiger partial charge in [0.1, 0.15) is 0 Å². The lowest BCUT2D eigenvalue weighted by molar-refractivity contribution is -0.00379. The monoisotopic (exact) mass is 332 g/mol. The Labute approximate surface area is 145 Å². The van der Waals surface area contributed by atoms with Crippen LogP contribution >= 0.6 is 11.6 Å². The van der Waals surface area contributed by atoms with Crippen LogP contribution in [0.2, 0.25) is 5.02 Å². The highest BCUT2D eigenvalue weighted by Gasteiger charge is 2.42. The highest BCUT2D eigenvalue weighted by atomic mass is 35.5. The summed E-state index contributed by atoms with van der Waals surface area (Å²) >= 11 is 6.21. The number of fused-ring (bicyclic) bond motifs is 1. The largest absolute Gasteiger partial charge is 0.298 e. The summed E-state index contributed by atoms with van der Waals surface area (Å²) in [5, 5.41) is 0.871. The lowest BCUT2D eigenvalue weighted by Gasteiger charge is -2.49. The maximum atomic E-state index is 6.21. The number of hydrogen-bond acceptors (Lipinski definition) is 2. The van der Waals surface area contributed by atoms with E-state index in [0.29, 0.717) is 0 Å². The molecule has 1 aliphatic carbocycles. The summed E-state index contributed by atoms with van der Waals surface area (Å²) < 4.78 is 0. The highest BCUT2D eigenvalue weighted by Crippen LogP contribution is 2.38. The smallest absolute Gasteiger partial charge is 0.0409 e. The molecule has 3 fully saturated rings. The zero-order valence-electron chi connectivity index (χ0n) is 14.1. The third kappa shape index (κ3) is 3.45. The fraction of sp³-hybridized carbons (Fsp3) is 0.700. The standard InChI is InChI=1S/C20H29ClN2/c21-18-9-4-6-16(14-18)15-23-13-12-22-11-5-10-19(22)20(23)17-7-2-1-3-8-17/h4,6,9,14,17,19-20H,1-3,5,7-8,10-13,15H2/t19-,20-/m1/s1. The van der Waals surface area contributed by atoms with Gasteiger partial charge in [0.2, 0.25) is 0 Å². The Morgan fingerprint density at radius 3 is 2.65 bits per heavy atom. The third-order valence-electron chi connectivity index (χ3n) is 6.31. The van der Waals surface area contributed by atoms with Crippen LogP contribution in [0.25, 0.3) is 0 Å². The minimum atomic E-state index is 0.769. The Morgan fingerprint density at radius 1 is 0.957 bits per heavy atom.